The molecule has 1 aliphatic rings. The lowest BCUT2D eigenvalue weighted by Gasteiger charge is -2.21. The lowest BCUT2D eigenvalue weighted by atomic mass is 9.92. The van der Waals surface area contributed by atoms with Crippen LogP contribution < -0.4 is 10.1 Å². The van der Waals surface area contributed by atoms with E-state index in [0.717, 1.165) is 21.7 Å². The number of nitrogens with one attached hydrogen (secondary N) is 1. The molecule has 3 aromatic rings. The number of rotatable bonds is 5. The predicted molar refractivity (Wildman–Crippen MR) is 115 cm³/mol. The molecule has 0 aliphatic carbocycles. The molecule has 4 rings (SSSR count). The summed E-state index contributed by atoms with van der Waals surface area (Å²) in [7, 11) is 1.57. The molecule has 0 bridgehead atoms. The molecule has 0 aromatic heterocycles. The Morgan fingerprint density at radius 3 is 2.17 bits per heavy atom. The van der Waals surface area contributed by atoms with Gasteiger partial charge in [0, 0.05) is 0 Å². The highest BCUT2D eigenvalue weighted by Crippen LogP contribution is 2.30. The van der Waals surface area contributed by atoms with Crippen LogP contribution in [0, 0.1) is 0 Å². The Morgan fingerprint density at radius 1 is 0.900 bits per heavy atom. The number of carbonyl (C=O) groups is 2. The summed E-state index contributed by atoms with van der Waals surface area (Å²) in [6.45, 7) is 1.67. The van der Waals surface area contributed by atoms with Gasteiger partial charge in [0.2, 0.25) is 0 Å². The Labute approximate surface area is 174 Å². The topological polar surface area (TPSA) is 71.0 Å². The summed E-state index contributed by atoms with van der Waals surface area (Å²) in [5.41, 5.74) is 2.46. The zero-order valence-electron chi connectivity index (χ0n) is 16.7. The van der Waals surface area contributed by atoms with Gasteiger partial charge in [-0.3, -0.25) is 4.79 Å². The van der Waals surface area contributed by atoms with Crippen molar-refractivity contribution in [3.05, 3.63) is 90.0 Å². The molecule has 1 heterocycles. The second kappa shape index (κ2) is 7.83. The Kier molecular flexibility index (Phi) is 5.06. The maximum atomic E-state index is 13.0. The van der Waals surface area contributed by atoms with Crippen molar-refractivity contribution in [1.29, 1.82) is 0 Å². The van der Waals surface area contributed by atoms with E-state index in [0.29, 0.717) is 11.3 Å². The molecular formula is C24H21N3O3. The molecule has 0 saturated carbocycles. The highest BCUT2D eigenvalue weighted by molar-refractivity contribution is 6.07. The summed E-state index contributed by atoms with van der Waals surface area (Å²) in [6, 6.07) is 24.2. The van der Waals surface area contributed by atoms with Crippen molar-refractivity contribution >= 4 is 18.2 Å². The lowest BCUT2D eigenvalue weighted by molar-refractivity contribution is -0.131. The van der Waals surface area contributed by atoms with Gasteiger partial charge in [-0.05, 0) is 41.3 Å². The van der Waals surface area contributed by atoms with E-state index in [-0.39, 0.29) is 0 Å². The van der Waals surface area contributed by atoms with Crippen LogP contribution in [-0.4, -0.2) is 30.3 Å². The zero-order chi connectivity index (χ0) is 21.1. The Balaban J connectivity index is 1.52. The number of hydrogen-bond acceptors (Lipinski definition) is 4. The van der Waals surface area contributed by atoms with Crippen molar-refractivity contribution in [3.63, 3.8) is 0 Å². The molecule has 1 fully saturated rings. The zero-order valence-corrected chi connectivity index (χ0v) is 16.7. The SMILES string of the molecule is COc1ccc([C@]2(C)NC(=O)N(/N=C\c3ccc(-c4ccccc4)cc3)C2=O)cc1. The van der Waals surface area contributed by atoms with Gasteiger partial charge in [-0.1, -0.05) is 66.7 Å². The maximum Gasteiger partial charge on any atom is 0.346 e. The number of hydrogen-bond donors (Lipinski definition) is 1. The molecule has 3 aromatic carbocycles. The number of ether oxygens (including phenoxy) is 1. The van der Waals surface area contributed by atoms with Gasteiger partial charge in [-0.2, -0.15) is 5.10 Å². The van der Waals surface area contributed by atoms with Crippen molar-refractivity contribution < 1.29 is 14.3 Å². The quantitative estimate of drug-likeness (QED) is 0.517. The third-order valence-electron chi connectivity index (χ3n) is 5.18. The number of hydrazone groups is 1. The standard InChI is InChI=1S/C24H21N3O3/c1-24(20-12-14-21(30-2)15-13-20)22(28)27(23(29)26-24)25-16-17-8-10-19(11-9-17)18-6-4-3-5-7-18/h3-16H,1-2H3,(H,26,29)/b25-16-/t24-/m0/s1. The van der Waals surface area contributed by atoms with Gasteiger partial charge in [0.1, 0.15) is 11.3 Å². The van der Waals surface area contributed by atoms with Crippen molar-refractivity contribution in [3.8, 4) is 16.9 Å². The van der Waals surface area contributed by atoms with Gasteiger partial charge in [-0.15, -0.1) is 5.01 Å². The minimum Gasteiger partial charge on any atom is -0.497 e. The first kappa shape index (κ1) is 19.4. The van der Waals surface area contributed by atoms with Gasteiger partial charge in [-0.25, -0.2) is 4.79 Å². The van der Waals surface area contributed by atoms with Crippen LogP contribution in [0.4, 0.5) is 4.79 Å². The van der Waals surface area contributed by atoms with Gasteiger partial charge < -0.3 is 10.1 Å². The van der Waals surface area contributed by atoms with Gasteiger partial charge >= 0.3 is 6.03 Å². The number of amides is 3. The highest BCUT2D eigenvalue weighted by Gasteiger charge is 2.49. The van der Waals surface area contributed by atoms with Crippen molar-refractivity contribution in [2.45, 2.75) is 12.5 Å². The monoisotopic (exact) mass is 399 g/mol. The Bertz CT molecular complexity index is 1090. The number of methoxy groups -OCH3 is 1. The van der Waals surface area contributed by atoms with E-state index in [9.17, 15) is 9.59 Å². The predicted octanol–water partition coefficient (Wildman–Crippen LogP) is 4.16. The molecule has 150 valence electrons. The van der Waals surface area contributed by atoms with Crippen LogP contribution in [-0.2, 0) is 10.3 Å². The Hall–Kier alpha value is -3.93. The second-order valence-corrected chi connectivity index (χ2v) is 7.13. The van der Waals surface area contributed by atoms with Crippen LogP contribution in [0.3, 0.4) is 0 Å². The molecule has 1 aliphatic heterocycles. The molecule has 3 amide bonds. The van der Waals surface area contributed by atoms with Crippen LogP contribution in [0.15, 0.2) is 84.0 Å². The largest absolute Gasteiger partial charge is 0.497 e. The van der Waals surface area contributed by atoms with E-state index < -0.39 is 17.5 Å². The summed E-state index contributed by atoms with van der Waals surface area (Å²) >= 11 is 0. The van der Waals surface area contributed by atoms with Crippen LogP contribution in [0.25, 0.3) is 11.1 Å². The molecule has 1 atom stereocenters. The molecule has 0 unspecified atom stereocenters. The van der Waals surface area contributed by atoms with E-state index in [2.05, 4.69) is 10.4 Å². The minimum atomic E-state index is -1.18. The molecular weight excluding hydrogens is 378 g/mol. The van der Waals surface area contributed by atoms with Crippen molar-refractivity contribution in [2.24, 2.45) is 5.10 Å². The summed E-state index contributed by atoms with van der Waals surface area (Å²) in [5, 5.41) is 7.74. The van der Waals surface area contributed by atoms with E-state index in [1.165, 1.54) is 6.21 Å². The van der Waals surface area contributed by atoms with Gasteiger partial charge in [0.05, 0.1) is 13.3 Å². The Morgan fingerprint density at radius 2 is 1.53 bits per heavy atom. The van der Waals surface area contributed by atoms with Crippen LogP contribution in [0.5, 0.6) is 5.75 Å². The van der Waals surface area contributed by atoms with E-state index in [4.69, 9.17) is 4.74 Å². The minimum absolute atomic E-state index is 0.435. The van der Waals surface area contributed by atoms with Gasteiger partial charge in [0.25, 0.3) is 5.91 Å². The average Bonchev–Trinajstić information content (AvgIpc) is 3.02. The third kappa shape index (κ3) is 3.55. The molecule has 6 heteroatoms. The van der Waals surface area contributed by atoms with Crippen LogP contribution >= 0.6 is 0 Å². The summed E-state index contributed by atoms with van der Waals surface area (Å²) in [4.78, 5) is 25.4. The van der Waals surface area contributed by atoms with Crippen molar-refractivity contribution in [2.75, 3.05) is 7.11 Å². The summed E-state index contributed by atoms with van der Waals surface area (Å²) in [6.07, 6.45) is 1.51. The first-order valence-electron chi connectivity index (χ1n) is 9.52. The van der Waals surface area contributed by atoms with Gasteiger partial charge in [0.15, 0.2) is 0 Å². The lowest BCUT2D eigenvalue weighted by Crippen LogP contribution is -2.40. The first-order valence-corrected chi connectivity index (χ1v) is 9.52. The molecule has 1 saturated heterocycles. The van der Waals surface area contributed by atoms with Crippen LogP contribution in [0.1, 0.15) is 18.1 Å². The maximum absolute atomic E-state index is 13.0. The molecule has 1 N–H and O–H groups in total. The number of nitrogens with zero attached hydrogens (tertiary/aromatic N) is 2. The normalized spacial score (nSPS) is 18.7. The molecule has 0 radical (unpaired) electrons. The number of urea groups is 1. The first-order chi connectivity index (χ1) is 14.5. The smallest absolute Gasteiger partial charge is 0.346 e. The van der Waals surface area contributed by atoms with E-state index >= 15 is 0 Å². The van der Waals surface area contributed by atoms with E-state index in [1.54, 1.807) is 38.3 Å². The number of carbonyl (C=O) groups excluding carboxylic acids is 2. The number of imide groups is 1. The fourth-order valence-corrected chi connectivity index (χ4v) is 3.37. The summed E-state index contributed by atoms with van der Waals surface area (Å²) in [5.74, 6) is 0.239. The average molecular weight is 399 g/mol. The fraction of sp³-hybridized carbons (Fsp3) is 0.125. The fourth-order valence-electron chi connectivity index (χ4n) is 3.37. The molecule has 0 spiro atoms. The number of benzene rings is 3. The van der Waals surface area contributed by atoms with Crippen molar-refractivity contribution in [1.82, 2.24) is 10.3 Å². The van der Waals surface area contributed by atoms with Crippen LogP contribution in [0.2, 0.25) is 0 Å². The third-order valence-corrected chi connectivity index (χ3v) is 5.18. The highest BCUT2D eigenvalue weighted by atomic mass is 16.5. The molecule has 6 nitrogen and oxygen atoms in total. The second-order valence-electron chi connectivity index (χ2n) is 7.13. The van der Waals surface area contributed by atoms with E-state index in [1.807, 2.05) is 54.6 Å². The summed E-state index contributed by atoms with van der Waals surface area (Å²) < 4.78 is 5.15. The molecule has 30 heavy (non-hydrogen) atoms.